The Morgan fingerprint density at radius 1 is 1.24 bits per heavy atom. The average Bonchev–Trinajstić information content (AvgIpc) is 3.41. The highest BCUT2D eigenvalue weighted by Gasteiger charge is 2.23. The van der Waals surface area contributed by atoms with Crippen LogP contribution < -0.4 is 20.1 Å². The second-order valence-electron chi connectivity index (χ2n) is 8.32. The Kier molecular flexibility index (Phi) is 10.3. The van der Waals surface area contributed by atoms with Crippen LogP contribution in [0.15, 0.2) is 48.8 Å². The molecule has 4 N–H and O–H groups in total. The van der Waals surface area contributed by atoms with Gasteiger partial charge in [-0.1, -0.05) is 45.3 Å². The first-order valence-corrected chi connectivity index (χ1v) is 14.5. The molecule has 0 aliphatic carbocycles. The minimum atomic E-state index is -1.12. The fourth-order valence-corrected chi connectivity index (χ4v) is 6.57. The SMILES string of the molecule is O=C(CC1CCSS1)Nc1c(Nc2ccc(OCc3cccc(F)c3)c(Cl)c2)ncnc1OCC(O)CO. The molecule has 1 aliphatic heterocycles. The summed E-state index contributed by atoms with van der Waals surface area (Å²) in [6.45, 7) is -0.570. The van der Waals surface area contributed by atoms with E-state index in [1.807, 2.05) is 0 Å². The van der Waals surface area contributed by atoms with E-state index in [1.54, 1.807) is 51.9 Å². The molecular weight excluding hydrogens is 555 g/mol. The second kappa shape index (κ2) is 13.9. The Labute approximate surface area is 231 Å². The number of aliphatic hydroxyl groups excluding tert-OH is 2. The van der Waals surface area contributed by atoms with E-state index in [2.05, 4.69) is 20.6 Å². The summed E-state index contributed by atoms with van der Waals surface area (Å²) in [5, 5.41) is 25.3. The molecule has 13 heteroatoms. The van der Waals surface area contributed by atoms with Crippen LogP contribution in [0.5, 0.6) is 11.6 Å². The summed E-state index contributed by atoms with van der Waals surface area (Å²) < 4.78 is 24.7. The highest BCUT2D eigenvalue weighted by molar-refractivity contribution is 8.77. The predicted molar refractivity (Wildman–Crippen MR) is 148 cm³/mol. The highest BCUT2D eigenvalue weighted by atomic mass is 35.5. The van der Waals surface area contributed by atoms with Gasteiger partial charge >= 0.3 is 0 Å². The number of aromatic nitrogens is 2. The molecule has 1 fully saturated rings. The van der Waals surface area contributed by atoms with E-state index in [9.17, 15) is 14.3 Å². The number of halogens is 2. The molecule has 202 valence electrons. The van der Waals surface area contributed by atoms with Gasteiger partial charge in [-0.05, 0) is 42.3 Å². The second-order valence-corrected chi connectivity index (χ2v) is 11.5. The molecule has 2 unspecified atom stereocenters. The van der Waals surface area contributed by atoms with Crippen LogP contribution >= 0.6 is 33.2 Å². The first kappa shape index (κ1) is 28.2. The first-order chi connectivity index (χ1) is 18.4. The van der Waals surface area contributed by atoms with E-state index < -0.39 is 12.7 Å². The molecule has 2 aromatic carbocycles. The number of aliphatic hydroxyl groups is 2. The van der Waals surface area contributed by atoms with Crippen LogP contribution in [0.4, 0.5) is 21.6 Å². The van der Waals surface area contributed by atoms with Gasteiger partial charge in [-0.3, -0.25) is 4.79 Å². The summed E-state index contributed by atoms with van der Waals surface area (Å²) in [4.78, 5) is 21.2. The third-order valence-corrected chi connectivity index (χ3v) is 8.55. The Morgan fingerprint density at radius 3 is 2.84 bits per heavy atom. The van der Waals surface area contributed by atoms with Crippen LogP contribution in [0.1, 0.15) is 18.4 Å². The Bertz CT molecular complexity index is 1250. The predicted octanol–water partition coefficient (Wildman–Crippen LogP) is 4.81. The monoisotopic (exact) mass is 580 g/mol. The van der Waals surface area contributed by atoms with Crippen LogP contribution in [0.2, 0.25) is 5.02 Å². The standard InChI is InChI=1S/C25H26ClFN4O5S2/c26-20-9-17(4-5-21(20)35-12-15-2-1-3-16(27)8-15)30-24-23(31-22(34)10-19-6-7-37-38-19)25(29-14-28-24)36-13-18(33)11-32/h1-5,8-9,14,18-19,32-33H,6-7,10-13H2,(H,31,34)(H,28,29,30). The maximum Gasteiger partial charge on any atom is 0.243 e. The Morgan fingerprint density at radius 2 is 2.11 bits per heavy atom. The van der Waals surface area contributed by atoms with Crippen molar-refractivity contribution in [2.75, 3.05) is 29.6 Å². The molecule has 0 radical (unpaired) electrons. The lowest BCUT2D eigenvalue weighted by Gasteiger charge is -2.17. The lowest BCUT2D eigenvalue weighted by atomic mass is 10.2. The van der Waals surface area contributed by atoms with Crippen molar-refractivity contribution in [2.45, 2.75) is 30.8 Å². The molecule has 0 spiro atoms. The fraction of sp³-hybridized carbons (Fsp3) is 0.320. The number of ether oxygens (including phenoxy) is 2. The third kappa shape index (κ3) is 8.11. The zero-order valence-electron chi connectivity index (χ0n) is 20.1. The van der Waals surface area contributed by atoms with Gasteiger partial charge in [-0.2, -0.15) is 4.98 Å². The molecule has 0 saturated carbocycles. The highest BCUT2D eigenvalue weighted by Crippen LogP contribution is 2.40. The third-order valence-electron chi connectivity index (χ3n) is 5.32. The van der Waals surface area contributed by atoms with Crippen molar-refractivity contribution in [3.63, 3.8) is 0 Å². The smallest absolute Gasteiger partial charge is 0.243 e. The summed E-state index contributed by atoms with van der Waals surface area (Å²) in [7, 11) is 3.43. The molecule has 1 aromatic heterocycles. The molecule has 1 aliphatic rings. The minimum Gasteiger partial charge on any atom is -0.487 e. The zero-order valence-corrected chi connectivity index (χ0v) is 22.5. The molecule has 2 atom stereocenters. The summed E-state index contributed by atoms with van der Waals surface area (Å²) in [6, 6.07) is 11.1. The summed E-state index contributed by atoms with van der Waals surface area (Å²) >= 11 is 6.42. The molecule has 2 heterocycles. The quantitative estimate of drug-likeness (QED) is 0.222. The number of hydrogen-bond acceptors (Lipinski definition) is 10. The molecule has 3 aromatic rings. The van der Waals surface area contributed by atoms with E-state index in [0.29, 0.717) is 28.4 Å². The van der Waals surface area contributed by atoms with Crippen molar-refractivity contribution in [3.05, 3.63) is 65.2 Å². The van der Waals surface area contributed by atoms with E-state index in [-0.39, 0.29) is 47.6 Å². The summed E-state index contributed by atoms with van der Waals surface area (Å²) in [6.07, 6.45) is 1.39. The van der Waals surface area contributed by atoms with Crippen molar-refractivity contribution in [1.82, 2.24) is 9.97 Å². The van der Waals surface area contributed by atoms with Crippen molar-refractivity contribution in [3.8, 4) is 11.6 Å². The normalized spacial score (nSPS) is 15.6. The fourth-order valence-electron chi connectivity index (χ4n) is 3.44. The van der Waals surface area contributed by atoms with Gasteiger partial charge in [-0.25, -0.2) is 9.37 Å². The van der Waals surface area contributed by atoms with Gasteiger partial charge in [0.2, 0.25) is 11.8 Å². The number of amides is 1. The molecule has 38 heavy (non-hydrogen) atoms. The number of nitrogens with zero attached hydrogens (tertiary/aromatic N) is 2. The van der Waals surface area contributed by atoms with Crippen molar-refractivity contribution >= 4 is 56.3 Å². The van der Waals surface area contributed by atoms with Gasteiger partial charge in [0, 0.05) is 23.1 Å². The van der Waals surface area contributed by atoms with Crippen molar-refractivity contribution in [2.24, 2.45) is 0 Å². The van der Waals surface area contributed by atoms with Gasteiger partial charge in [0.15, 0.2) is 5.82 Å². The average molecular weight is 581 g/mol. The van der Waals surface area contributed by atoms with Crippen LogP contribution in [-0.2, 0) is 11.4 Å². The molecular formula is C25H26ClFN4O5S2. The van der Waals surface area contributed by atoms with Crippen molar-refractivity contribution < 1.29 is 28.9 Å². The van der Waals surface area contributed by atoms with Crippen LogP contribution in [-0.4, -0.2) is 56.4 Å². The molecule has 0 bridgehead atoms. The number of anilines is 3. The number of rotatable bonds is 12. The van der Waals surface area contributed by atoms with E-state index in [0.717, 1.165) is 12.2 Å². The summed E-state index contributed by atoms with van der Waals surface area (Å²) in [5.41, 5.74) is 1.41. The van der Waals surface area contributed by atoms with E-state index in [4.69, 9.17) is 26.2 Å². The summed E-state index contributed by atoms with van der Waals surface area (Å²) in [5.74, 6) is 1.12. The van der Waals surface area contributed by atoms with Crippen molar-refractivity contribution in [1.29, 1.82) is 0 Å². The molecule has 1 saturated heterocycles. The zero-order chi connectivity index (χ0) is 26.9. The van der Waals surface area contributed by atoms with Crippen LogP contribution in [0.3, 0.4) is 0 Å². The first-order valence-electron chi connectivity index (χ1n) is 11.7. The lowest BCUT2D eigenvalue weighted by Crippen LogP contribution is -2.23. The number of nitrogens with one attached hydrogen (secondary N) is 2. The number of hydrogen-bond donors (Lipinski definition) is 4. The van der Waals surface area contributed by atoms with E-state index in [1.165, 1.54) is 18.5 Å². The minimum absolute atomic E-state index is 0.0398. The maximum atomic E-state index is 13.4. The Balaban J connectivity index is 1.50. The van der Waals surface area contributed by atoms with Crippen LogP contribution in [0.25, 0.3) is 0 Å². The molecule has 4 rings (SSSR count). The van der Waals surface area contributed by atoms with Gasteiger partial charge in [0.25, 0.3) is 0 Å². The van der Waals surface area contributed by atoms with Gasteiger partial charge in [-0.15, -0.1) is 0 Å². The van der Waals surface area contributed by atoms with Gasteiger partial charge in [0.05, 0.1) is 11.6 Å². The van der Waals surface area contributed by atoms with Crippen LogP contribution in [0, 0.1) is 5.82 Å². The number of carbonyl (C=O) groups excluding carboxylic acids is 1. The number of carbonyl (C=O) groups is 1. The largest absolute Gasteiger partial charge is 0.487 e. The molecule has 9 nitrogen and oxygen atoms in total. The lowest BCUT2D eigenvalue weighted by molar-refractivity contribution is -0.116. The van der Waals surface area contributed by atoms with E-state index >= 15 is 0 Å². The Hall–Kier alpha value is -2.77. The number of benzene rings is 2. The topological polar surface area (TPSA) is 126 Å². The van der Waals surface area contributed by atoms with Gasteiger partial charge < -0.3 is 30.3 Å². The maximum absolute atomic E-state index is 13.4. The van der Waals surface area contributed by atoms with Gasteiger partial charge in [0.1, 0.15) is 42.9 Å². The molecule has 1 amide bonds.